The zero-order valence-electron chi connectivity index (χ0n) is 18.6. The van der Waals surface area contributed by atoms with Crippen molar-refractivity contribution in [2.24, 2.45) is 0 Å². The van der Waals surface area contributed by atoms with Gasteiger partial charge >= 0.3 is 5.69 Å². The number of nitrogens with zero attached hydrogens (tertiary/aromatic N) is 2. The van der Waals surface area contributed by atoms with Crippen molar-refractivity contribution in [1.82, 2.24) is 14.5 Å². The van der Waals surface area contributed by atoms with Gasteiger partial charge in [0.25, 0.3) is 0 Å². The molecular formula is C23H26BrFN4O5. The second kappa shape index (κ2) is 10.2. The summed E-state index contributed by atoms with van der Waals surface area (Å²) in [6, 6.07) is 7.18. The number of carbonyl (C=O) groups excluding carboxylic acids is 1. The number of carbonyl (C=O) groups is 1. The van der Waals surface area contributed by atoms with Crippen LogP contribution >= 0.6 is 15.9 Å². The highest BCUT2D eigenvalue weighted by atomic mass is 79.9. The summed E-state index contributed by atoms with van der Waals surface area (Å²) < 4.78 is 21.3. The van der Waals surface area contributed by atoms with Crippen LogP contribution < -0.4 is 15.7 Å². The molecule has 11 heteroatoms. The first-order valence-corrected chi connectivity index (χ1v) is 11.7. The van der Waals surface area contributed by atoms with E-state index in [0.717, 1.165) is 0 Å². The number of rotatable bonds is 7. The highest BCUT2D eigenvalue weighted by Crippen LogP contribution is 2.35. The van der Waals surface area contributed by atoms with Crippen LogP contribution in [0, 0.1) is 5.82 Å². The number of aliphatic hydroxyl groups is 1. The van der Waals surface area contributed by atoms with Gasteiger partial charge in [-0.05, 0) is 53.0 Å². The number of hydrogen-bond donors (Lipinski definition) is 4. The number of aromatic nitrogens is 2. The number of amides is 1. The third kappa shape index (κ3) is 5.43. The number of aliphatic hydroxyl groups excluding tert-OH is 1. The second-order valence-electron chi connectivity index (χ2n) is 8.44. The molecule has 2 heterocycles. The van der Waals surface area contributed by atoms with Gasteiger partial charge in [0.05, 0.1) is 21.2 Å². The fourth-order valence-electron chi connectivity index (χ4n) is 4.31. The van der Waals surface area contributed by atoms with Crippen molar-refractivity contribution in [1.29, 1.82) is 0 Å². The van der Waals surface area contributed by atoms with Crippen LogP contribution in [0.15, 0.2) is 39.6 Å². The van der Waals surface area contributed by atoms with Crippen LogP contribution in [-0.4, -0.2) is 62.9 Å². The van der Waals surface area contributed by atoms with Gasteiger partial charge in [-0.1, -0.05) is 0 Å². The van der Waals surface area contributed by atoms with E-state index in [1.807, 2.05) is 0 Å². The number of anilines is 1. The number of piperidine rings is 1. The summed E-state index contributed by atoms with van der Waals surface area (Å²) in [4.78, 5) is 28.7. The Morgan fingerprint density at radius 2 is 2.06 bits per heavy atom. The minimum absolute atomic E-state index is 0.0118. The number of phenols is 1. The number of ether oxygens (including phenoxy) is 1. The highest BCUT2D eigenvalue weighted by molar-refractivity contribution is 9.10. The molecule has 1 aliphatic heterocycles. The number of aromatic amines is 1. The van der Waals surface area contributed by atoms with E-state index in [1.54, 1.807) is 10.6 Å². The first-order valence-electron chi connectivity index (χ1n) is 10.9. The molecule has 0 saturated carbocycles. The molecule has 34 heavy (non-hydrogen) atoms. The van der Waals surface area contributed by atoms with Gasteiger partial charge in [0.2, 0.25) is 5.91 Å². The Bertz CT molecular complexity index is 1250. The molecule has 1 atom stereocenters. The minimum atomic E-state index is -0.800. The van der Waals surface area contributed by atoms with Crippen molar-refractivity contribution in [3.8, 4) is 11.5 Å². The van der Waals surface area contributed by atoms with Crippen molar-refractivity contribution in [3.63, 3.8) is 0 Å². The van der Waals surface area contributed by atoms with E-state index in [4.69, 9.17) is 4.74 Å². The van der Waals surface area contributed by atoms with E-state index >= 15 is 0 Å². The number of β-amino-alcohol motifs (C(OH)–C–C–N with tert-alkyl or cyclic N) is 1. The summed E-state index contributed by atoms with van der Waals surface area (Å²) in [6.07, 6.45) is 0.627. The molecule has 1 aromatic heterocycles. The Labute approximate surface area is 203 Å². The fraction of sp³-hybridized carbons (Fsp3) is 0.391. The Morgan fingerprint density at radius 1 is 1.32 bits per heavy atom. The lowest BCUT2D eigenvalue weighted by molar-refractivity contribution is -0.114. The number of nitrogens with one attached hydrogen (secondary N) is 2. The lowest BCUT2D eigenvalue weighted by Gasteiger charge is -2.33. The molecule has 0 aliphatic carbocycles. The zero-order valence-corrected chi connectivity index (χ0v) is 20.1. The van der Waals surface area contributed by atoms with Gasteiger partial charge < -0.3 is 30.2 Å². The molecule has 3 aromatic rings. The molecule has 4 rings (SSSR count). The Hall–Kier alpha value is -2.89. The summed E-state index contributed by atoms with van der Waals surface area (Å²) in [5.74, 6) is -0.473. The van der Waals surface area contributed by atoms with Gasteiger partial charge in [-0.25, -0.2) is 9.18 Å². The third-order valence-corrected chi connectivity index (χ3v) is 6.50. The molecule has 0 spiro atoms. The van der Waals surface area contributed by atoms with Gasteiger partial charge in [0.15, 0.2) is 0 Å². The highest BCUT2D eigenvalue weighted by Gasteiger charge is 2.25. The molecule has 2 aromatic carbocycles. The standard InChI is InChI=1S/C23H26BrFN4O5/c1-13(30)26-19-9-17(24)21(32)10-22(19)34-12-16(31)11-28-6-4-15(5-7-28)29-20-3-2-14(25)8-18(20)27-23(29)33/h2-3,8-10,15-16,31-32H,4-7,11-12H2,1H3,(H,26,30)(H,27,33). The Kier molecular flexibility index (Phi) is 7.24. The van der Waals surface area contributed by atoms with E-state index in [2.05, 4.69) is 31.1 Å². The van der Waals surface area contributed by atoms with Gasteiger partial charge in [-0.15, -0.1) is 0 Å². The largest absolute Gasteiger partial charge is 0.507 e. The molecule has 1 saturated heterocycles. The molecule has 9 nitrogen and oxygen atoms in total. The molecule has 0 radical (unpaired) electrons. The second-order valence-corrected chi connectivity index (χ2v) is 9.29. The minimum Gasteiger partial charge on any atom is -0.507 e. The molecule has 1 fully saturated rings. The van der Waals surface area contributed by atoms with Crippen LogP contribution in [0.2, 0.25) is 0 Å². The summed E-state index contributed by atoms with van der Waals surface area (Å²) in [5, 5.41) is 23.1. The van der Waals surface area contributed by atoms with Crippen LogP contribution in [0.25, 0.3) is 11.0 Å². The lowest BCUT2D eigenvalue weighted by Crippen LogP contribution is -2.42. The van der Waals surface area contributed by atoms with Crippen LogP contribution in [-0.2, 0) is 4.79 Å². The van der Waals surface area contributed by atoms with Crippen molar-refractivity contribution >= 4 is 38.6 Å². The smallest absolute Gasteiger partial charge is 0.326 e. The summed E-state index contributed by atoms with van der Waals surface area (Å²) >= 11 is 3.20. The summed E-state index contributed by atoms with van der Waals surface area (Å²) in [5.41, 5.74) is 1.30. The maximum Gasteiger partial charge on any atom is 0.326 e. The number of fused-ring (bicyclic) bond motifs is 1. The summed E-state index contributed by atoms with van der Waals surface area (Å²) in [7, 11) is 0. The summed E-state index contributed by atoms with van der Waals surface area (Å²) in [6.45, 7) is 3.07. The van der Waals surface area contributed by atoms with Crippen molar-refractivity contribution < 1.29 is 24.1 Å². The van der Waals surface area contributed by atoms with Crippen molar-refractivity contribution in [2.75, 3.05) is 31.6 Å². The van der Waals surface area contributed by atoms with Crippen LogP contribution in [0.1, 0.15) is 25.8 Å². The van der Waals surface area contributed by atoms with Crippen LogP contribution in [0.5, 0.6) is 11.5 Å². The number of benzene rings is 2. The van der Waals surface area contributed by atoms with Crippen molar-refractivity contribution in [2.45, 2.75) is 31.9 Å². The Morgan fingerprint density at radius 3 is 2.76 bits per heavy atom. The molecule has 0 bridgehead atoms. The average Bonchev–Trinajstić information content (AvgIpc) is 3.10. The maximum atomic E-state index is 13.5. The Balaban J connectivity index is 1.33. The molecule has 1 unspecified atom stereocenters. The number of aromatic hydroxyl groups is 1. The topological polar surface area (TPSA) is 120 Å². The molecule has 1 amide bonds. The fourth-order valence-corrected chi connectivity index (χ4v) is 4.66. The number of phenolic OH excluding ortho intramolecular Hbond substituents is 1. The SMILES string of the molecule is CC(=O)Nc1cc(Br)c(O)cc1OCC(O)CN1CCC(n2c(=O)[nH]c3cc(F)ccc32)CC1. The first kappa shape index (κ1) is 24.2. The van der Waals surface area contributed by atoms with Crippen molar-refractivity contribution in [3.05, 3.63) is 51.1 Å². The number of likely N-dealkylation sites (tertiary alicyclic amines) is 1. The van der Waals surface area contributed by atoms with E-state index in [9.17, 15) is 24.2 Å². The normalized spacial score (nSPS) is 16.0. The predicted octanol–water partition coefficient (Wildman–Crippen LogP) is 2.97. The first-order chi connectivity index (χ1) is 16.2. The molecular weight excluding hydrogens is 511 g/mol. The van der Waals surface area contributed by atoms with E-state index in [0.29, 0.717) is 53.7 Å². The molecule has 4 N–H and O–H groups in total. The van der Waals surface area contributed by atoms with E-state index in [1.165, 1.54) is 31.2 Å². The van der Waals surface area contributed by atoms with Gasteiger partial charge in [-0.3, -0.25) is 9.36 Å². The maximum absolute atomic E-state index is 13.5. The van der Waals surface area contributed by atoms with Gasteiger partial charge in [0, 0.05) is 38.7 Å². The third-order valence-electron chi connectivity index (χ3n) is 5.86. The van der Waals surface area contributed by atoms with Crippen LogP contribution in [0.3, 0.4) is 0 Å². The van der Waals surface area contributed by atoms with Gasteiger partial charge in [-0.2, -0.15) is 0 Å². The van der Waals surface area contributed by atoms with Gasteiger partial charge in [0.1, 0.15) is 30.0 Å². The lowest BCUT2D eigenvalue weighted by atomic mass is 10.0. The number of H-pyrrole nitrogens is 1. The van der Waals surface area contributed by atoms with E-state index < -0.39 is 11.9 Å². The monoisotopic (exact) mass is 536 g/mol. The number of halogens is 2. The molecule has 182 valence electrons. The van der Waals surface area contributed by atoms with E-state index in [-0.39, 0.29) is 35.7 Å². The van der Waals surface area contributed by atoms with Crippen LogP contribution in [0.4, 0.5) is 10.1 Å². The average molecular weight is 537 g/mol. The quantitative estimate of drug-likeness (QED) is 0.344. The number of hydrogen-bond acceptors (Lipinski definition) is 6. The molecule has 1 aliphatic rings. The predicted molar refractivity (Wildman–Crippen MR) is 129 cm³/mol. The zero-order chi connectivity index (χ0) is 24.4. The number of imidazole rings is 1.